The van der Waals surface area contributed by atoms with Gasteiger partial charge in [0.05, 0.1) is 20.4 Å². The third kappa shape index (κ3) is 8.27. The molecule has 4 heteroatoms. The van der Waals surface area contributed by atoms with Crippen molar-refractivity contribution in [1.29, 1.82) is 0 Å². The molecule has 0 N–H and O–H groups in total. The summed E-state index contributed by atoms with van der Waals surface area (Å²) in [6.45, 7) is 15.1. The van der Waals surface area contributed by atoms with E-state index in [0.717, 1.165) is 25.1 Å². The molecule has 4 aromatic rings. The van der Waals surface area contributed by atoms with E-state index in [4.69, 9.17) is 9.47 Å². The second-order valence-electron chi connectivity index (χ2n) is 12.2. The van der Waals surface area contributed by atoms with Gasteiger partial charge in [0.1, 0.15) is 11.5 Å². The van der Waals surface area contributed by atoms with Crippen molar-refractivity contribution >= 4 is 45.2 Å². The Balaban J connectivity index is 1.29. The van der Waals surface area contributed by atoms with Crippen molar-refractivity contribution in [3.63, 3.8) is 0 Å². The van der Waals surface area contributed by atoms with E-state index in [1.54, 1.807) is 0 Å². The lowest BCUT2D eigenvalue weighted by atomic mass is 9.73. The average molecular weight is 829 g/mol. The number of rotatable bonds is 16. The molecule has 0 bridgehead atoms. The van der Waals surface area contributed by atoms with Gasteiger partial charge in [-0.25, -0.2) is 0 Å². The van der Waals surface area contributed by atoms with Crippen molar-refractivity contribution in [2.45, 2.75) is 97.3 Å². The Kier molecular flexibility index (Phi) is 13.3. The van der Waals surface area contributed by atoms with E-state index in [2.05, 4.69) is 172 Å². The van der Waals surface area contributed by atoms with E-state index in [1.165, 1.54) is 71.9 Å². The number of ether oxygens (including phenoxy) is 2. The summed E-state index contributed by atoms with van der Waals surface area (Å²) in [5.41, 5.74) is 8.42. The fourth-order valence-corrected chi connectivity index (χ4v) is 8.12. The molecule has 0 fully saturated rings. The molecule has 0 amide bonds. The Morgan fingerprint density at radius 2 is 0.756 bits per heavy atom. The molecule has 0 saturated carbocycles. The minimum absolute atomic E-state index is 0.286. The smallest absolute Gasteiger partial charge is 0.132 e. The molecule has 0 saturated heterocycles. The molecule has 240 valence electrons. The standard InChI is InChI=1S/C41H50I2O2/c1-7-40(8-2,9-3)34-20-14-30(15-21-34)32-18-24-38(36(42)28-32)44-26-13-27-45-39-25-19-33(29-37(39)43)31-16-22-35(23-17-31)41(10-4,11-5)12-6/h14-25,28-29H,7-13,26-27H2,1-6H3. The highest BCUT2D eigenvalue weighted by atomic mass is 127. The van der Waals surface area contributed by atoms with Crippen molar-refractivity contribution in [2.24, 2.45) is 0 Å². The van der Waals surface area contributed by atoms with Gasteiger partial charge in [-0.1, -0.05) is 102 Å². The van der Waals surface area contributed by atoms with Crippen molar-refractivity contribution in [1.82, 2.24) is 0 Å². The van der Waals surface area contributed by atoms with Gasteiger partial charge in [-0.15, -0.1) is 0 Å². The van der Waals surface area contributed by atoms with E-state index in [-0.39, 0.29) is 10.8 Å². The van der Waals surface area contributed by atoms with Crippen LogP contribution in [0.15, 0.2) is 84.9 Å². The minimum Gasteiger partial charge on any atom is -0.492 e. The van der Waals surface area contributed by atoms with E-state index < -0.39 is 0 Å². The molecule has 0 atom stereocenters. The Hall–Kier alpha value is -2.06. The maximum atomic E-state index is 6.15. The lowest BCUT2D eigenvalue weighted by Crippen LogP contribution is -2.23. The van der Waals surface area contributed by atoms with E-state index in [0.29, 0.717) is 13.2 Å². The van der Waals surface area contributed by atoms with Gasteiger partial charge in [0.2, 0.25) is 0 Å². The SMILES string of the molecule is CCC(CC)(CC)c1ccc(-c2ccc(OCCCOc3ccc(-c4ccc(C(CC)(CC)CC)cc4)cc3I)c(I)c2)cc1. The summed E-state index contributed by atoms with van der Waals surface area (Å²) >= 11 is 4.77. The van der Waals surface area contributed by atoms with Crippen LogP contribution in [0.5, 0.6) is 11.5 Å². The number of hydrogen-bond acceptors (Lipinski definition) is 2. The van der Waals surface area contributed by atoms with Crippen LogP contribution < -0.4 is 9.47 Å². The van der Waals surface area contributed by atoms with Gasteiger partial charge in [0, 0.05) is 6.42 Å². The summed E-state index contributed by atoms with van der Waals surface area (Å²) in [6.07, 6.45) is 7.86. The summed E-state index contributed by atoms with van der Waals surface area (Å²) in [4.78, 5) is 0. The predicted molar refractivity (Wildman–Crippen MR) is 210 cm³/mol. The van der Waals surface area contributed by atoms with Crippen LogP contribution in [-0.4, -0.2) is 13.2 Å². The molecule has 45 heavy (non-hydrogen) atoms. The zero-order valence-electron chi connectivity index (χ0n) is 28.0. The zero-order chi connectivity index (χ0) is 32.5. The zero-order valence-corrected chi connectivity index (χ0v) is 32.3. The summed E-state index contributed by atoms with van der Waals surface area (Å²) in [7, 11) is 0. The molecule has 0 radical (unpaired) electrons. The number of benzene rings is 4. The molecule has 0 aliphatic rings. The molecule has 2 nitrogen and oxygen atoms in total. The van der Waals surface area contributed by atoms with Crippen LogP contribution in [0.1, 0.15) is 97.6 Å². The maximum absolute atomic E-state index is 6.15. The van der Waals surface area contributed by atoms with E-state index in [1.807, 2.05) is 0 Å². The Labute approximate surface area is 300 Å². The monoisotopic (exact) mass is 828 g/mol. The van der Waals surface area contributed by atoms with Crippen LogP contribution in [0.25, 0.3) is 22.3 Å². The third-order valence-electron chi connectivity index (χ3n) is 10.4. The summed E-state index contributed by atoms with van der Waals surface area (Å²) in [6, 6.07) is 31.4. The van der Waals surface area contributed by atoms with Gasteiger partial charge < -0.3 is 9.47 Å². The highest BCUT2D eigenvalue weighted by Crippen LogP contribution is 2.38. The van der Waals surface area contributed by atoms with Crippen molar-refractivity contribution in [2.75, 3.05) is 13.2 Å². The number of halogens is 2. The van der Waals surface area contributed by atoms with Crippen LogP contribution in [0.2, 0.25) is 0 Å². The van der Waals surface area contributed by atoms with Gasteiger partial charge >= 0.3 is 0 Å². The topological polar surface area (TPSA) is 18.5 Å². The molecular formula is C41H50I2O2. The molecule has 0 unspecified atom stereocenters. The lowest BCUT2D eigenvalue weighted by molar-refractivity contribution is 0.245. The molecule has 0 aromatic heterocycles. The lowest BCUT2D eigenvalue weighted by Gasteiger charge is -2.31. The first-order chi connectivity index (χ1) is 21.8. The molecule has 0 aliphatic heterocycles. The predicted octanol–water partition coefficient (Wildman–Crippen LogP) is 13.0. The summed E-state index contributed by atoms with van der Waals surface area (Å²) in [5.74, 6) is 1.86. The molecule has 0 aliphatic carbocycles. The van der Waals surface area contributed by atoms with Crippen LogP contribution in [0.3, 0.4) is 0 Å². The molecule has 0 spiro atoms. The Morgan fingerprint density at radius 3 is 1.04 bits per heavy atom. The highest BCUT2D eigenvalue weighted by Gasteiger charge is 2.27. The maximum Gasteiger partial charge on any atom is 0.132 e. The van der Waals surface area contributed by atoms with E-state index >= 15 is 0 Å². The van der Waals surface area contributed by atoms with Crippen LogP contribution in [0.4, 0.5) is 0 Å². The van der Waals surface area contributed by atoms with Crippen molar-refractivity contribution in [3.05, 3.63) is 103 Å². The summed E-state index contributed by atoms with van der Waals surface area (Å²) < 4.78 is 14.6. The molecule has 4 aromatic carbocycles. The van der Waals surface area contributed by atoms with Gasteiger partial charge in [0.15, 0.2) is 0 Å². The second-order valence-corrected chi connectivity index (χ2v) is 14.5. The first kappa shape index (κ1) is 35.8. The summed E-state index contributed by atoms with van der Waals surface area (Å²) in [5, 5.41) is 0. The fourth-order valence-electron chi connectivity index (χ4n) is 6.78. The Morgan fingerprint density at radius 1 is 0.444 bits per heavy atom. The third-order valence-corrected chi connectivity index (χ3v) is 12.1. The van der Waals surface area contributed by atoms with E-state index in [9.17, 15) is 0 Å². The fraction of sp³-hybridized carbons (Fsp3) is 0.415. The average Bonchev–Trinajstić information content (AvgIpc) is 3.08. The van der Waals surface area contributed by atoms with Crippen molar-refractivity contribution < 1.29 is 9.47 Å². The quantitative estimate of drug-likeness (QED) is 0.0827. The van der Waals surface area contributed by atoms with Gasteiger partial charge in [-0.2, -0.15) is 0 Å². The molecule has 0 heterocycles. The largest absolute Gasteiger partial charge is 0.492 e. The molecule has 4 rings (SSSR count). The first-order valence-corrected chi connectivity index (χ1v) is 19.0. The van der Waals surface area contributed by atoms with Gasteiger partial charge in [-0.3, -0.25) is 0 Å². The van der Waals surface area contributed by atoms with Crippen LogP contribution >= 0.6 is 45.2 Å². The van der Waals surface area contributed by atoms with Crippen LogP contribution in [0, 0.1) is 7.14 Å². The van der Waals surface area contributed by atoms with Gasteiger partial charge in [-0.05, 0) is 152 Å². The van der Waals surface area contributed by atoms with Crippen molar-refractivity contribution in [3.8, 4) is 33.8 Å². The normalized spacial score (nSPS) is 11.9. The number of hydrogen-bond donors (Lipinski definition) is 0. The van der Waals surface area contributed by atoms with Crippen LogP contribution in [-0.2, 0) is 10.8 Å². The van der Waals surface area contributed by atoms with Gasteiger partial charge in [0.25, 0.3) is 0 Å². The first-order valence-electron chi connectivity index (χ1n) is 16.8. The Bertz CT molecular complexity index is 1370. The second kappa shape index (κ2) is 16.7. The minimum atomic E-state index is 0.286. The highest BCUT2D eigenvalue weighted by molar-refractivity contribution is 14.1. The molecular weight excluding hydrogens is 778 g/mol.